The van der Waals surface area contributed by atoms with Gasteiger partial charge in [0.25, 0.3) is 0 Å². The number of guanidine groups is 1. The van der Waals surface area contributed by atoms with E-state index < -0.39 is 0 Å². The van der Waals surface area contributed by atoms with Crippen LogP contribution in [0.4, 0.5) is 0 Å². The number of aryl methyl sites for hydroxylation is 1. The summed E-state index contributed by atoms with van der Waals surface area (Å²) in [5.41, 5.74) is 1.07. The van der Waals surface area contributed by atoms with E-state index in [1.54, 1.807) is 17.5 Å². The number of ether oxygens (including phenoxy) is 1. The molecule has 0 fully saturated rings. The number of aromatic nitrogens is 2. The van der Waals surface area contributed by atoms with Crippen molar-refractivity contribution in [3.05, 3.63) is 40.0 Å². The topological polar surface area (TPSA) is 71.4 Å². The van der Waals surface area contributed by atoms with Crippen molar-refractivity contribution in [2.45, 2.75) is 40.2 Å². The quantitative estimate of drug-likeness (QED) is 0.531. The highest BCUT2D eigenvalue weighted by Crippen LogP contribution is 2.13. The Hall–Kier alpha value is -2.15. The molecule has 136 valence electrons. The maximum Gasteiger partial charge on any atom is 0.213 e. The molecule has 0 spiro atoms. The smallest absolute Gasteiger partial charge is 0.213 e. The lowest BCUT2D eigenvalue weighted by Crippen LogP contribution is -2.38. The number of aliphatic imine (C=N–C) groups is 1. The third-order valence-electron chi connectivity index (χ3n) is 3.44. The molecule has 0 unspecified atom stereocenters. The molecule has 6 nitrogen and oxygen atoms in total. The van der Waals surface area contributed by atoms with Crippen LogP contribution in [0.15, 0.2) is 29.5 Å². The zero-order valence-corrected chi connectivity index (χ0v) is 16.0. The molecule has 25 heavy (non-hydrogen) atoms. The predicted molar refractivity (Wildman–Crippen MR) is 103 cm³/mol. The van der Waals surface area contributed by atoms with Gasteiger partial charge in [-0.05, 0) is 31.9 Å². The molecule has 0 saturated carbocycles. The van der Waals surface area contributed by atoms with Crippen LogP contribution in [0.3, 0.4) is 0 Å². The second-order valence-electron chi connectivity index (χ2n) is 5.38. The summed E-state index contributed by atoms with van der Waals surface area (Å²) in [6.45, 7) is 8.99. The average molecular weight is 362 g/mol. The SMILES string of the molecule is CCNC(=NCc1ccnc(OCC)c1)NCCc1ncc(CC)s1. The summed E-state index contributed by atoms with van der Waals surface area (Å²) in [6, 6.07) is 3.88. The van der Waals surface area contributed by atoms with E-state index in [-0.39, 0.29) is 0 Å². The largest absolute Gasteiger partial charge is 0.478 e. The molecule has 0 aromatic carbocycles. The maximum atomic E-state index is 5.43. The van der Waals surface area contributed by atoms with E-state index in [0.717, 1.165) is 42.5 Å². The minimum absolute atomic E-state index is 0.579. The summed E-state index contributed by atoms with van der Waals surface area (Å²) in [5.74, 6) is 1.45. The number of rotatable bonds is 9. The molecule has 0 atom stereocenters. The van der Waals surface area contributed by atoms with E-state index in [0.29, 0.717) is 19.0 Å². The molecule has 0 saturated heterocycles. The first-order valence-electron chi connectivity index (χ1n) is 8.78. The van der Waals surface area contributed by atoms with E-state index in [1.165, 1.54) is 4.88 Å². The highest BCUT2D eigenvalue weighted by atomic mass is 32.1. The summed E-state index contributed by atoms with van der Waals surface area (Å²) in [4.78, 5) is 14.6. The van der Waals surface area contributed by atoms with E-state index >= 15 is 0 Å². The van der Waals surface area contributed by atoms with Crippen molar-refractivity contribution in [1.29, 1.82) is 0 Å². The lowest BCUT2D eigenvalue weighted by molar-refractivity contribution is 0.326. The number of hydrogen-bond donors (Lipinski definition) is 2. The number of hydrogen-bond acceptors (Lipinski definition) is 5. The first-order chi connectivity index (χ1) is 12.2. The van der Waals surface area contributed by atoms with Crippen LogP contribution in [0.5, 0.6) is 5.88 Å². The van der Waals surface area contributed by atoms with Crippen molar-refractivity contribution in [3.63, 3.8) is 0 Å². The summed E-state index contributed by atoms with van der Waals surface area (Å²) >= 11 is 1.78. The van der Waals surface area contributed by atoms with Crippen LogP contribution in [0, 0.1) is 0 Å². The van der Waals surface area contributed by atoms with Gasteiger partial charge in [-0.25, -0.2) is 15.0 Å². The number of nitrogens with zero attached hydrogens (tertiary/aromatic N) is 3. The zero-order valence-electron chi connectivity index (χ0n) is 15.2. The van der Waals surface area contributed by atoms with Gasteiger partial charge in [0.2, 0.25) is 5.88 Å². The molecule has 2 aromatic rings. The Bertz CT molecular complexity index is 671. The van der Waals surface area contributed by atoms with Gasteiger partial charge in [0.1, 0.15) is 0 Å². The van der Waals surface area contributed by atoms with Crippen molar-refractivity contribution in [2.24, 2.45) is 4.99 Å². The molecular formula is C18H27N5OS. The maximum absolute atomic E-state index is 5.43. The van der Waals surface area contributed by atoms with Crippen molar-refractivity contribution in [1.82, 2.24) is 20.6 Å². The average Bonchev–Trinajstić information content (AvgIpc) is 3.08. The van der Waals surface area contributed by atoms with Crippen molar-refractivity contribution in [2.75, 3.05) is 19.7 Å². The van der Waals surface area contributed by atoms with Gasteiger partial charge in [-0.1, -0.05) is 6.92 Å². The molecule has 2 aromatic heterocycles. The first kappa shape index (κ1) is 19.2. The van der Waals surface area contributed by atoms with Gasteiger partial charge in [0.15, 0.2) is 5.96 Å². The van der Waals surface area contributed by atoms with Gasteiger partial charge < -0.3 is 15.4 Å². The monoisotopic (exact) mass is 361 g/mol. The van der Waals surface area contributed by atoms with Crippen LogP contribution in [-0.4, -0.2) is 35.6 Å². The van der Waals surface area contributed by atoms with Crippen LogP contribution in [0.1, 0.15) is 36.2 Å². The molecule has 0 aliphatic rings. The van der Waals surface area contributed by atoms with Gasteiger partial charge in [0.05, 0.1) is 18.2 Å². The van der Waals surface area contributed by atoms with Crippen molar-refractivity contribution >= 4 is 17.3 Å². The minimum atomic E-state index is 0.579. The third-order valence-corrected chi connectivity index (χ3v) is 4.64. The molecule has 2 rings (SSSR count). The third kappa shape index (κ3) is 6.70. The van der Waals surface area contributed by atoms with Crippen molar-refractivity contribution in [3.8, 4) is 5.88 Å². The van der Waals surface area contributed by atoms with E-state index in [4.69, 9.17) is 4.74 Å². The Balaban J connectivity index is 1.87. The van der Waals surface area contributed by atoms with E-state index in [1.807, 2.05) is 25.3 Å². The standard InChI is InChI=1S/C18H27N5OS/c1-4-15-13-22-17(25-15)8-10-21-18(19-5-2)23-12-14-7-9-20-16(11-14)24-6-3/h7,9,11,13H,4-6,8,10,12H2,1-3H3,(H2,19,21,23). The molecule has 0 aliphatic carbocycles. The normalized spacial score (nSPS) is 11.4. The molecule has 7 heteroatoms. The summed E-state index contributed by atoms with van der Waals surface area (Å²) in [5, 5.41) is 7.80. The first-order valence-corrected chi connectivity index (χ1v) is 9.60. The fourth-order valence-electron chi connectivity index (χ4n) is 2.20. The van der Waals surface area contributed by atoms with Gasteiger partial charge in [-0.15, -0.1) is 11.3 Å². The van der Waals surface area contributed by atoms with Crippen molar-refractivity contribution < 1.29 is 4.74 Å². The van der Waals surface area contributed by atoms with Gasteiger partial charge in [-0.3, -0.25) is 0 Å². The van der Waals surface area contributed by atoms with E-state index in [2.05, 4.69) is 39.4 Å². The fraction of sp³-hybridized carbons (Fsp3) is 0.500. The number of thiazole rings is 1. The molecule has 0 radical (unpaired) electrons. The summed E-state index contributed by atoms with van der Waals surface area (Å²) in [6.07, 6.45) is 5.67. The lowest BCUT2D eigenvalue weighted by atomic mass is 10.3. The lowest BCUT2D eigenvalue weighted by Gasteiger charge is -2.11. The Morgan fingerprint density at radius 3 is 2.84 bits per heavy atom. The molecule has 0 amide bonds. The second-order valence-corrected chi connectivity index (χ2v) is 6.58. The number of nitrogens with one attached hydrogen (secondary N) is 2. The Labute approximate surface area is 153 Å². The predicted octanol–water partition coefficient (Wildman–Crippen LogP) is 2.80. The highest BCUT2D eigenvalue weighted by molar-refractivity contribution is 7.11. The summed E-state index contributed by atoms with van der Waals surface area (Å²) in [7, 11) is 0. The molecule has 2 N–H and O–H groups in total. The molecular weight excluding hydrogens is 334 g/mol. The zero-order chi connectivity index (χ0) is 17.9. The number of pyridine rings is 1. The van der Waals surface area contributed by atoms with Crippen LogP contribution in [0.25, 0.3) is 0 Å². The minimum Gasteiger partial charge on any atom is -0.478 e. The van der Waals surface area contributed by atoms with Crippen LogP contribution >= 0.6 is 11.3 Å². The van der Waals surface area contributed by atoms with Crippen LogP contribution < -0.4 is 15.4 Å². The fourth-order valence-corrected chi connectivity index (χ4v) is 3.06. The molecule has 0 bridgehead atoms. The Morgan fingerprint density at radius 2 is 2.12 bits per heavy atom. The molecule has 2 heterocycles. The van der Waals surface area contributed by atoms with Gasteiger partial charge in [0, 0.05) is 42.8 Å². The molecule has 0 aliphatic heterocycles. The summed E-state index contributed by atoms with van der Waals surface area (Å²) < 4.78 is 5.43. The van der Waals surface area contributed by atoms with E-state index in [9.17, 15) is 0 Å². The van der Waals surface area contributed by atoms with Gasteiger partial charge in [-0.2, -0.15) is 0 Å². The second kappa shape index (κ2) is 10.7. The van der Waals surface area contributed by atoms with Crippen LogP contribution in [-0.2, 0) is 19.4 Å². The van der Waals surface area contributed by atoms with Crippen LogP contribution in [0.2, 0.25) is 0 Å². The Kier molecular flexibility index (Phi) is 8.18. The Morgan fingerprint density at radius 1 is 1.24 bits per heavy atom. The van der Waals surface area contributed by atoms with Gasteiger partial charge >= 0.3 is 0 Å². The highest BCUT2D eigenvalue weighted by Gasteiger charge is 2.03.